The molecule has 0 aromatic rings. The molecule has 0 bridgehead atoms. The highest BCUT2D eigenvalue weighted by Crippen LogP contribution is 2.07. The van der Waals surface area contributed by atoms with Crippen molar-refractivity contribution in [3.05, 3.63) is 38.0 Å². The van der Waals surface area contributed by atoms with Gasteiger partial charge in [0, 0.05) is 26.0 Å². The highest BCUT2D eigenvalue weighted by Gasteiger charge is 2.27. The molecular formula is C29H47N3O10. The van der Waals surface area contributed by atoms with E-state index in [0.29, 0.717) is 39.0 Å². The van der Waals surface area contributed by atoms with Crippen molar-refractivity contribution in [2.45, 2.75) is 69.9 Å². The van der Waals surface area contributed by atoms with Gasteiger partial charge in [0.2, 0.25) is 5.91 Å². The number of ether oxygens (including phenoxy) is 4. The van der Waals surface area contributed by atoms with E-state index < -0.39 is 36.0 Å². The van der Waals surface area contributed by atoms with E-state index in [2.05, 4.69) is 35.7 Å². The molecule has 0 fully saturated rings. The zero-order valence-electron chi connectivity index (χ0n) is 24.4. The lowest BCUT2D eigenvalue weighted by atomic mass is 10.1. The van der Waals surface area contributed by atoms with E-state index >= 15 is 0 Å². The molecule has 2 atom stereocenters. The van der Waals surface area contributed by atoms with E-state index in [1.807, 2.05) is 0 Å². The lowest BCUT2D eigenvalue weighted by molar-refractivity contribution is -0.146. The number of hydrogen-bond acceptors (Lipinski definition) is 10. The number of amides is 3. The van der Waals surface area contributed by atoms with Crippen molar-refractivity contribution >= 4 is 29.8 Å². The molecule has 0 saturated heterocycles. The second kappa shape index (κ2) is 26.2. The topological polar surface area (TPSA) is 179 Å². The lowest BCUT2D eigenvalue weighted by Gasteiger charge is -2.21. The molecule has 0 radical (unpaired) electrons. The molecule has 13 nitrogen and oxygen atoms in total. The summed E-state index contributed by atoms with van der Waals surface area (Å²) >= 11 is 0. The minimum Gasteiger partial charge on any atom is -0.461 e. The fraction of sp³-hybridized carbons (Fsp3) is 0.621. The Hall–Kier alpha value is -3.71. The second-order valence-electron chi connectivity index (χ2n) is 9.06. The average molecular weight is 598 g/mol. The van der Waals surface area contributed by atoms with Crippen LogP contribution in [0.2, 0.25) is 0 Å². The van der Waals surface area contributed by atoms with Gasteiger partial charge < -0.3 is 40.0 Å². The summed E-state index contributed by atoms with van der Waals surface area (Å²) in [6.45, 7) is 11.6. The molecule has 0 spiro atoms. The molecule has 42 heavy (non-hydrogen) atoms. The average Bonchev–Trinajstić information content (AvgIpc) is 2.98. The molecule has 0 aliphatic heterocycles. The van der Waals surface area contributed by atoms with E-state index in [9.17, 15) is 24.0 Å². The predicted molar refractivity (Wildman–Crippen MR) is 155 cm³/mol. The fourth-order valence-electron chi connectivity index (χ4n) is 3.45. The maximum absolute atomic E-state index is 12.7. The van der Waals surface area contributed by atoms with Gasteiger partial charge in [0.1, 0.15) is 31.9 Å². The maximum atomic E-state index is 12.7. The standard InChI is InChI=1S/C29H47N3O10/c1-4-18-40-26(35)15-14-24(28(37)42-20-6-3)32-29(38)31-23(27(36)41-19-5-2)12-9-10-16-30-25(34)13-8-7-11-21-39-22-17-33/h4-6,23-24,33H,1-3,7-22H2,(H,30,34)(H2,31,32,38)/t23-,24?/m0/s1. The summed E-state index contributed by atoms with van der Waals surface area (Å²) in [5.74, 6) is -2.12. The van der Waals surface area contributed by atoms with Gasteiger partial charge in [-0.2, -0.15) is 0 Å². The number of carbonyl (C=O) groups is 5. The quantitative estimate of drug-likeness (QED) is 0.0498. The molecule has 3 amide bonds. The molecule has 0 saturated carbocycles. The number of aliphatic hydroxyl groups is 1. The van der Waals surface area contributed by atoms with Crippen LogP contribution >= 0.6 is 0 Å². The van der Waals surface area contributed by atoms with E-state index in [1.54, 1.807) is 0 Å². The third-order valence-corrected chi connectivity index (χ3v) is 5.54. The van der Waals surface area contributed by atoms with Crippen molar-refractivity contribution in [1.82, 2.24) is 16.0 Å². The van der Waals surface area contributed by atoms with Gasteiger partial charge in [-0.25, -0.2) is 14.4 Å². The summed E-state index contributed by atoms with van der Waals surface area (Å²) in [5.41, 5.74) is 0. The summed E-state index contributed by atoms with van der Waals surface area (Å²) in [5, 5.41) is 16.4. The molecule has 238 valence electrons. The largest absolute Gasteiger partial charge is 0.461 e. The van der Waals surface area contributed by atoms with Crippen LogP contribution in [-0.2, 0) is 38.1 Å². The zero-order chi connectivity index (χ0) is 31.4. The lowest BCUT2D eigenvalue weighted by Crippen LogP contribution is -2.52. The third-order valence-electron chi connectivity index (χ3n) is 5.54. The van der Waals surface area contributed by atoms with Gasteiger partial charge in [0.05, 0.1) is 13.2 Å². The van der Waals surface area contributed by atoms with Crippen molar-refractivity contribution in [1.29, 1.82) is 0 Å². The van der Waals surface area contributed by atoms with Crippen molar-refractivity contribution in [2.24, 2.45) is 0 Å². The Balaban J connectivity index is 4.79. The first-order chi connectivity index (χ1) is 20.3. The van der Waals surface area contributed by atoms with Crippen molar-refractivity contribution in [3.8, 4) is 0 Å². The van der Waals surface area contributed by atoms with Crippen molar-refractivity contribution in [3.63, 3.8) is 0 Å². The van der Waals surface area contributed by atoms with Crippen molar-refractivity contribution in [2.75, 3.05) is 46.2 Å². The summed E-state index contributed by atoms with van der Waals surface area (Å²) in [4.78, 5) is 61.6. The summed E-state index contributed by atoms with van der Waals surface area (Å²) in [6, 6.07) is -3.05. The Labute approximate surface area is 248 Å². The smallest absolute Gasteiger partial charge is 0.329 e. The Bertz CT molecular complexity index is 850. The number of urea groups is 1. The zero-order valence-corrected chi connectivity index (χ0v) is 24.4. The Kier molecular flexibility index (Phi) is 23.9. The first-order valence-electron chi connectivity index (χ1n) is 14.1. The molecule has 0 aromatic heterocycles. The Morgan fingerprint density at radius 1 is 0.690 bits per heavy atom. The number of hydrogen-bond donors (Lipinski definition) is 4. The molecule has 0 aliphatic rings. The van der Waals surface area contributed by atoms with E-state index in [1.165, 1.54) is 18.2 Å². The summed E-state index contributed by atoms with van der Waals surface area (Å²) in [7, 11) is 0. The van der Waals surface area contributed by atoms with Gasteiger partial charge in [-0.1, -0.05) is 44.4 Å². The molecule has 0 heterocycles. The van der Waals surface area contributed by atoms with Gasteiger partial charge in [-0.15, -0.1) is 0 Å². The number of rotatable bonds is 26. The van der Waals surface area contributed by atoms with Crippen LogP contribution in [0, 0.1) is 0 Å². The minimum atomic E-state index is -1.19. The molecule has 4 N–H and O–H groups in total. The predicted octanol–water partition coefficient (Wildman–Crippen LogP) is 1.85. The normalized spacial score (nSPS) is 11.7. The van der Waals surface area contributed by atoms with Crippen LogP contribution in [0.4, 0.5) is 4.79 Å². The van der Waals surface area contributed by atoms with Crippen LogP contribution in [0.1, 0.15) is 57.8 Å². The van der Waals surface area contributed by atoms with Gasteiger partial charge in [-0.05, 0) is 38.5 Å². The van der Waals surface area contributed by atoms with Crippen molar-refractivity contribution < 1.29 is 48.0 Å². The number of nitrogens with one attached hydrogen (secondary N) is 3. The number of carbonyl (C=O) groups excluding carboxylic acids is 5. The van der Waals surface area contributed by atoms with E-state index in [-0.39, 0.29) is 51.6 Å². The molecule has 0 aliphatic carbocycles. The molecule has 0 aromatic carbocycles. The highest BCUT2D eigenvalue weighted by atomic mass is 16.5. The summed E-state index contributed by atoms with van der Waals surface area (Å²) in [6.07, 6.45) is 7.91. The van der Waals surface area contributed by atoms with Gasteiger partial charge in [-0.3, -0.25) is 9.59 Å². The first-order valence-corrected chi connectivity index (χ1v) is 14.1. The fourth-order valence-corrected chi connectivity index (χ4v) is 3.45. The first kappa shape index (κ1) is 38.3. The molecule has 0 rings (SSSR count). The Morgan fingerprint density at radius 3 is 1.88 bits per heavy atom. The Morgan fingerprint density at radius 2 is 1.29 bits per heavy atom. The highest BCUT2D eigenvalue weighted by molar-refractivity contribution is 5.87. The SMILES string of the molecule is C=CCOC(=O)CCC(NC(=O)N[C@@H](CCCCNC(=O)CCCCCOCCO)C(=O)OCC=C)C(=O)OCC=C. The summed E-state index contributed by atoms with van der Waals surface area (Å²) < 4.78 is 20.2. The number of unbranched alkanes of at least 4 members (excludes halogenated alkanes) is 3. The second-order valence-corrected chi connectivity index (χ2v) is 9.06. The number of esters is 3. The van der Waals surface area contributed by atoms with Gasteiger partial charge >= 0.3 is 23.9 Å². The monoisotopic (exact) mass is 597 g/mol. The third kappa shape index (κ3) is 21.1. The van der Waals surface area contributed by atoms with Gasteiger partial charge in [0.15, 0.2) is 0 Å². The maximum Gasteiger partial charge on any atom is 0.329 e. The van der Waals surface area contributed by atoms with E-state index in [0.717, 1.165) is 19.3 Å². The number of aliphatic hydroxyl groups excluding tert-OH is 1. The van der Waals surface area contributed by atoms with Crippen LogP contribution in [0.25, 0.3) is 0 Å². The van der Waals surface area contributed by atoms with E-state index in [4.69, 9.17) is 24.1 Å². The van der Waals surface area contributed by atoms with Crippen LogP contribution in [0.3, 0.4) is 0 Å². The minimum absolute atomic E-state index is 0.00787. The van der Waals surface area contributed by atoms with Crippen LogP contribution in [-0.4, -0.2) is 93.2 Å². The van der Waals surface area contributed by atoms with Crippen LogP contribution in [0.15, 0.2) is 38.0 Å². The molecular weight excluding hydrogens is 550 g/mol. The van der Waals surface area contributed by atoms with Crippen LogP contribution in [0.5, 0.6) is 0 Å². The van der Waals surface area contributed by atoms with Crippen LogP contribution < -0.4 is 16.0 Å². The molecule has 13 heteroatoms. The van der Waals surface area contributed by atoms with Gasteiger partial charge in [0.25, 0.3) is 0 Å². The molecule has 1 unspecified atom stereocenters.